The van der Waals surface area contributed by atoms with Crippen molar-refractivity contribution in [1.82, 2.24) is 4.90 Å². The first-order valence-corrected chi connectivity index (χ1v) is 7.32. The molecule has 0 aliphatic carbocycles. The largest absolute Gasteiger partial charge is 0.416 e. The molecular weight excluding hydrogens is 277 g/mol. The molecule has 0 unspecified atom stereocenters. The average molecular weight is 300 g/mol. The van der Waals surface area contributed by atoms with Gasteiger partial charge in [0.05, 0.1) is 5.56 Å². The molecule has 1 aromatic carbocycles. The van der Waals surface area contributed by atoms with Crippen molar-refractivity contribution in [2.45, 2.75) is 38.4 Å². The van der Waals surface area contributed by atoms with Gasteiger partial charge in [0, 0.05) is 24.8 Å². The highest BCUT2D eigenvalue weighted by atomic mass is 19.4. The molecule has 21 heavy (non-hydrogen) atoms. The van der Waals surface area contributed by atoms with E-state index in [0.29, 0.717) is 17.3 Å². The molecule has 0 saturated carbocycles. The van der Waals surface area contributed by atoms with Crippen LogP contribution in [0.4, 0.5) is 18.9 Å². The monoisotopic (exact) mass is 300 g/mol. The van der Waals surface area contributed by atoms with Gasteiger partial charge in [-0.3, -0.25) is 0 Å². The third kappa shape index (κ3) is 3.51. The van der Waals surface area contributed by atoms with Crippen LogP contribution < -0.4 is 4.90 Å². The Morgan fingerprint density at radius 2 is 1.90 bits per heavy atom. The molecule has 0 amide bonds. The van der Waals surface area contributed by atoms with Crippen LogP contribution in [-0.4, -0.2) is 38.1 Å². The minimum Gasteiger partial charge on any atom is -0.370 e. The predicted octanol–water partition coefficient (Wildman–Crippen LogP) is 3.97. The zero-order valence-corrected chi connectivity index (χ0v) is 13.0. The molecule has 1 saturated heterocycles. The van der Waals surface area contributed by atoms with Crippen LogP contribution in [-0.2, 0) is 6.18 Å². The third-order valence-corrected chi connectivity index (χ3v) is 4.22. The lowest BCUT2D eigenvalue weighted by atomic mass is 9.96. The molecule has 2 nitrogen and oxygen atoms in total. The fourth-order valence-corrected chi connectivity index (χ4v) is 2.89. The van der Waals surface area contributed by atoms with E-state index in [4.69, 9.17) is 0 Å². The van der Waals surface area contributed by atoms with E-state index < -0.39 is 11.7 Å². The Kier molecular flexibility index (Phi) is 4.51. The number of anilines is 1. The molecule has 1 fully saturated rings. The van der Waals surface area contributed by atoms with Crippen LogP contribution in [0.1, 0.15) is 37.3 Å². The van der Waals surface area contributed by atoms with Crippen LogP contribution in [0, 0.1) is 0 Å². The van der Waals surface area contributed by atoms with Crippen LogP contribution in [0.3, 0.4) is 0 Å². The van der Waals surface area contributed by atoms with E-state index in [9.17, 15) is 13.2 Å². The second-order valence-corrected chi connectivity index (χ2v) is 6.28. The Bertz CT molecular complexity index is 495. The van der Waals surface area contributed by atoms with E-state index in [-0.39, 0.29) is 5.92 Å². The first kappa shape index (κ1) is 16.1. The molecule has 5 heteroatoms. The topological polar surface area (TPSA) is 6.48 Å². The maximum atomic E-state index is 13.3. The Morgan fingerprint density at radius 1 is 1.24 bits per heavy atom. The smallest absolute Gasteiger partial charge is 0.370 e. The molecule has 2 rings (SSSR count). The Labute approximate surface area is 124 Å². The molecule has 0 N–H and O–H groups in total. The van der Waals surface area contributed by atoms with Crippen LogP contribution >= 0.6 is 0 Å². The Morgan fingerprint density at radius 3 is 2.38 bits per heavy atom. The summed E-state index contributed by atoms with van der Waals surface area (Å²) in [5.74, 6) is -0.135. The summed E-state index contributed by atoms with van der Waals surface area (Å²) in [6.45, 7) is 5.18. The van der Waals surface area contributed by atoms with Gasteiger partial charge in [0.1, 0.15) is 0 Å². The lowest BCUT2D eigenvalue weighted by Crippen LogP contribution is -2.31. The third-order valence-electron chi connectivity index (χ3n) is 4.22. The van der Waals surface area contributed by atoms with Gasteiger partial charge >= 0.3 is 6.18 Å². The average Bonchev–Trinajstić information content (AvgIpc) is 2.86. The fraction of sp³-hybridized carbons (Fsp3) is 0.625. The van der Waals surface area contributed by atoms with E-state index in [1.807, 2.05) is 25.1 Å². The highest BCUT2D eigenvalue weighted by Crippen LogP contribution is 2.38. The second kappa shape index (κ2) is 5.87. The molecule has 118 valence electrons. The Hall–Kier alpha value is -1.23. The van der Waals surface area contributed by atoms with Crippen molar-refractivity contribution in [3.63, 3.8) is 0 Å². The number of benzene rings is 1. The highest BCUT2D eigenvalue weighted by molar-refractivity contribution is 5.53. The van der Waals surface area contributed by atoms with Gasteiger partial charge in [-0.05, 0) is 44.1 Å². The lowest BCUT2D eigenvalue weighted by molar-refractivity contribution is -0.138. The lowest BCUT2D eigenvalue weighted by Gasteiger charge is -2.24. The number of alkyl halides is 3. The number of halogens is 3. The number of rotatable bonds is 3. The molecule has 0 aromatic heterocycles. The SMILES string of the molecule is CC(C)c1ccc(N2CC[C@@H](N(C)C)C2)cc1C(F)(F)F. The van der Waals surface area contributed by atoms with Crippen molar-refractivity contribution in [3.05, 3.63) is 29.3 Å². The van der Waals surface area contributed by atoms with Gasteiger partial charge in [-0.15, -0.1) is 0 Å². The zero-order chi connectivity index (χ0) is 15.8. The summed E-state index contributed by atoms with van der Waals surface area (Å²) in [5.41, 5.74) is 0.550. The van der Waals surface area contributed by atoms with Crippen molar-refractivity contribution in [1.29, 1.82) is 0 Å². The van der Waals surface area contributed by atoms with Crippen molar-refractivity contribution >= 4 is 5.69 Å². The van der Waals surface area contributed by atoms with Gasteiger partial charge in [0.25, 0.3) is 0 Å². The second-order valence-electron chi connectivity index (χ2n) is 6.28. The van der Waals surface area contributed by atoms with Gasteiger partial charge in [-0.25, -0.2) is 0 Å². The molecule has 1 aliphatic heterocycles. The predicted molar refractivity (Wildman–Crippen MR) is 79.8 cm³/mol. The maximum Gasteiger partial charge on any atom is 0.416 e. The van der Waals surface area contributed by atoms with Gasteiger partial charge in [0.15, 0.2) is 0 Å². The Balaban J connectivity index is 2.31. The summed E-state index contributed by atoms with van der Waals surface area (Å²) in [6.07, 6.45) is -3.31. The van der Waals surface area contributed by atoms with E-state index >= 15 is 0 Å². The van der Waals surface area contributed by atoms with Crippen LogP contribution in [0.25, 0.3) is 0 Å². The molecule has 0 bridgehead atoms. The fourth-order valence-electron chi connectivity index (χ4n) is 2.89. The summed E-state index contributed by atoms with van der Waals surface area (Å²) in [7, 11) is 4.02. The van der Waals surface area contributed by atoms with E-state index in [0.717, 1.165) is 19.5 Å². The number of hydrogen-bond donors (Lipinski definition) is 0. The van der Waals surface area contributed by atoms with Crippen molar-refractivity contribution in [2.24, 2.45) is 0 Å². The first-order chi connectivity index (χ1) is 9.70. The van der Waals surface area contributed by atoms with E-state index in [1.165, 1.54) is 6.07 Å². The summed E-state index contributed by atoms with van der Waals surface area (Å²) in [4.78, 5) is 4.18. The van der Waals surface area contributed by atoms with Crippen molar-refractivity contribution in [3.8, 4) is 0 Å². The standard InChI is InChI=1S/C16H23F3N2/c1-11(2)14-6-5-12(9-15(14)16(17,18)19)21-8-7-13(10-21)20(3)4/h5-6,9,11,13H,7-8,10H2,1-4H3/t13-/m1/s1. The quantitative estimate of drug-likeness (QED) is 0.833. The van der Waals surface area contributed by atoms with Crippen LogP contribution in [0.15, 0.2) is 18.2 Å². The zero-order valence-electron chi connectivity index (χ0n) is 13.0. The first-order valence-electron chi connectivity index (χ1n) is 7.32. The molecule has 1 heterocycles. The van der Waals surface area contributed by atoms with Gasteiger partial charge in [-0.1, -0.05) is 19.9 Å². The summed E-state index contributed by atoms with van der Waals surface area (Å²) < 4.78 is 39.8. The van der Waals surface area contributed by atoms with Gasteiger partial charge in [0.2, 0.25) is 0 Å². The summed E-state index contributed by atoms with van der Waals surface area (Å²) >= 11 is 0. The highest BCUT2D eigenvalue weighted by Gasteiger charge is 2.35. The number of nitrogens with zero attached hydrogens (tertiary/aromatic N) is 2. The van der Waals surface area contributed by atoms with Crippen LogP contribution in [0.5, 0.6) is 0 Å². The maximum absolute atomic E-state index is 13.3. The van der Waals surface area contributed by atoms with Gasteiger partial charge < -0.3 is 9.80 Å². The molecule has 1 aliphatic rings. The molecule has 1 aromatic rings. The summed E-state index contributed by atoms with van der Waals surface area (Å²) in [6, 6.07) is 5.17. The van der Waals surface area contributed by atoms with Crippen molar-refractivity contribution < 1.29 is 13.2 Å². The molecule has 1 atom stereocenters. The van der Waals surface area contributed by atoms with Crippen molar-refractivity contribution in [2.75, 3.05) is 32.1 Å². The minimum atomic E-state index is -4.30. The minimum absolute atomic E-state index is 0.135. The van der Waals surface area contributed by atoms with Crippen LogP contribution in [0.2, 0.25) is 0 Å². The molecular formula is C16H23F3N2. The number of hydrogen-bond acceptors (Lipinski definition) is 2. The van der Waals surface area contributed by atoms with E-state index in [2.05, 4.69) is 4.90 Å². The molecule has 0 spiro atoms. The summed E-state index contributed by atoms with van der Waals surface area (Å²) in [5, 5.41) is 0. The number of likely N-dealkylation sites (N-methyl/N-ethyl adjacent to an activating group) is 1. The van der Waals surface area contributed by atoms with E-state index in [1.54, 1.807) is 19.9 Å². The normalized spacial score (nSPS) is 19.9. The van der Waals surface area contributed by atoms with Gasteiger partial charge in [-0.2, -0.15) is 13.2 Å². The molecule has 0 radical (unpaired) electrons.